The first-order valence-corrected chi connectivity index (χ1v) is 10.2. The number of methoxy groups -OCH3 is 1. The molecule has 1 fully saturated rings. The minimum absolute atomic E-state index is 0.102. The molecule has 2 aromatic heterocycles. The molecule has 1 saturated heterocycles. The number of benzene rings is 1. The van der Waals surface area contributed by atoms with E-state index in [4.69, 9.17) is 9.72 Å². The van der Waals surface area contributed by atoms with Gasteiger partial charge >= 0.3 is 0 Å². The summed E-state index contributed by atoms with van der Waals surface area (Å²) in [7, 11) is 1.69. The highest BCUT2D eigenvalue weighted by Gasteiger charge is 2.23. The van der Waals surface area contributed by atoms with Crippen molar-refractivity contribution in [1.29, 1.82) is 0 Å². The fraction of sp³-hybridized carbons (Fsp3) is 0.450. The Morgan fingerprint density at radius 2 is 2.04 bits per heavy atom. The summed E-state index contributed by atoms with van der Waals surface area (Å²) in [5.74, 6) is 0.875. The number of rotatable bonds is 4. The van der Waals surface area contributed by atoms with E-state index in [0.717, 1.165) is 29.4 Å². The number of hydrogen-bond acceptors (Lipinski definition) is 6. The lowest BCUT2D eigenvalue weighted by Gasteiger charge is -2.30. The molecule has 1 aromatic carbocycles. The second kappa shape index (κ2) is 7.78. The molecule has 0 radical (unpaired) electrons. The minimum Gasteiger partial charge on any atom is -0.497 e. The van der Waals surface area contributed by atoms with Gasteiger partial charge in [-0.05, 0) is 44.0 Å². The van der Waals surface area contributed by atoms with Gasteiger partial charge < -0.3 is 4.74 Å². The fourth-order valence-electron chi connectivity index (χ4n) is 3.80. The average molecular weight is 385 g/mol. The summed E-state index contributed by atoms with van der Waals surface area (Å²) in [5, 5.41) is 5.08. The van der Waals surface area contributed by atoms with Gasteiger partial charge in [0.1, 0.15) is 10.8 Å². The molecule has 0 saturated carbocycles. The van der Waals surface area contributed by atoms with Gasteiger partial charge in [-0.2, -0.15) is 9.61 Å². The Hall–Kier alpha value is -2.25. The first-order chi connectivity index (χ1) is 13.1. The minimum atomic E-state index is -0.102. The number of aryl methyl sites for hydroxylation is 1. The average Bonchev–Trinajstić information content (AvgIpc) is 2.90. The molecular weight excluding hydrogens is 360 g/mol. The van der Waals surface area contributed by atoms with Crippen molar-refractivity contribution in [2.45, 2.75) is 45.2 Å². The van der Waals surface area contributed by atoms with Crippen LogP contribution in [0.1, 0.15) is 48.0 Å². The summed E-state index contributed by atoms with van der Waals surface area (Å²) in [4.78, 5) is 20.2. The predicted octanol–water partition coefficient (Wildman–Crippen LogP) is 3.59. The smallest absolute Gasteiger partial charge is 0.275 e. The number of hydrogen-bond donors (Lipinski definition) is 0. The second-order valence-electron chi connectivity index (χ2n) is 7.01. The Morgan fingerprint density at radius 3 is 2.81 bits per heavy atom. The SMILES string of the molecule is COc1ccc([C@@H]2CCCCCN2Cc2cc(=O)n3nc(C)sc3n2)cc1. The zero-order chi connectivity index (χ0) is 18.8. The molecule has 3 heterocycles. The van der Waals surface area contributed by atoms with E-state index in [0.29, 0.717) is 17.5 Å². The quantitative estimate of drug-likeness (QED) is 0.688. The highest BCUT2D eigenvalue weighted by Crippen LogP contribution is 2.32. The van der Waals surface area contributed by atoms with Gasteiger partial charge in [0, 0.05) is 18.7 Å². The van der Waals surface area contributed by atoms with Crippen LogP contribution in [0.5, 0.6) is 5.75 Å². The molecule has 4 rings (SSSR count). The van der Waals surface area contributed by atoms with Crippen molar-refractivity contribution in [1.82, 2.24) is 19.5 Å². The van der Waals surface area contributed by atoms with Crippen LogP contribution in [0, 0.1) is 6.92 Å². The number of fused-ring (bicyclic) bond motifs is 1. The molecule has 0 unspecified atom stereocenters. The molecule has 7 heteroatoms. The maximum absolute atomic E-state index is 12.4. The third-order valence-electron chi connectivity index (χ3n) is 5.13. The summed E-state index contributed by atoms with van der Waals surface area (Å²) in [5.41, 5.74) is 2.02. The molecular formula is C20H24N4O2S. The number of ether oxygens (including phenoxy) is 1. The molecule has 27 heavy (non-hydrogen) atoms. The van der Waals surface area contributed by atoms with Crippen LogP contribution in [-0.4, -0.2) is 33.2 Å². The van der Waals surface area contributed by atoms with Crippen molar-refractivity contribution in [3.05, 3.63) is 57.0 Å². The van der Waals surface area contributed by atoms with E-state index < -0.39 is 0 Å². The molecule has 0 bridgehead atoms. The standard InChI is InChI=1S/C20H24N4O2S/c1-14-22-24-19(25)12-16(21-20(24)27-14)13-23-11-5-3-4-6-18(23)15-7-9-17(26-2)10-8-15/h7-10,12,18H,3-6,11,13H2,1-2H3/t18-/m0/s1. The van der Waals surface area contributed by atoms with Crippen molar-refractivity contribution in [3.8, 4) is 5.75 Å². The Labute approximate surface area is 162 Å². The maximum Gasteiger partial charge on any atom is 0.275 e. The van der Waals surface area contributed by atoms with E-state index in [2.05, 4.69) is 22.1 Å². The van der Waals surface area contributed by atoms with Crippen molar-refractivity contribution in [3.63, 3.8) is 0 Å². The van der Waals surface area contributed by atoms with Gasteiger partial charge in [-0.15, -0.1) is 0 Å². The predicted molar refractivity (Wildman–Crippen MR) is 106 cm³/mol. The molecule has 0 N–H and O–H groups in total. The Kier molecular flexibility index (Phi) is 5.22. The first-order valence-electron chi connectivity index (χ1n) is 9.38. The van der Waals surface area contributed by atoms with Gasteiger partial charge in [-0.25, -0.2) is 4.98 Å². The van der Waals surface area contributed by atoms with E-state index in [1.165, 1.54) is 40.7 Å². The monoisotopic (exact) mass is 384 g/mol. The lowest BCUT2D eigenvalue weighted by atomic mass is 10.0. The Balaban J connectivity index is 1.63. The van der Waals surface area contributed by atoms with E-state index in [-0.39, 0.29) is 5.56 Å². The highest BCUT2D eigenvalue weighted by atomic mass is 32.1. The second-order valence-corrected chi connectivity index (χ2v) is 8.17. The molecule has 142 valence electrons. The topological polar surface area (TPSA) is 59.7 Å². The van der Waals surface area contributed by atoms with Crippen LogP contribution >= 0.6 is 11.3 Å². The molecule has 0 aliphatic carbocycles. The van der Waals surface area contributed by atoms with Gasteiger partial charge in [-0.1, -0.05) is 36.3 Å². The zero-order valence-electron chi connectivity index (χ0n) is 15.7. The Morgan fingerprint density at radius 1 is 1.22 bits per heavy atom. The van der Waals surface area contributed by atoms with E-state index >= 15 is 0 Å². The van der Waals surface area contributed by atoms with Gasteiger partial charge in [0.05, 0.1) is 12.8 Å². The molecule has 1 aliphatic rings. The number of nitrogens with zero attached hydrogens (tertiary/aromatic N) is 4. The summed E-state index contributed by atoms with van der Waals surface area (Å²) >= 11 is 1.46. The van der Waals surface area contributed by atoms with E-state index in [1.54, 1.807) is 13.2 Å². The largest absolute Gasteiger partial charge is 0.497 e. The molecule has 6 nitrogen and oxygen atoms in total. The van der Waals surface area contributed by atoms with E-state index in [9.17, 15) is 4.79 Å². The lowest BCUT2D eigenvalue weighted by Crippen LogP contribution is -2.29. The van der Waals surface area contributed by atoms with Crippen LogP contribution in [0.2, 0.25) is 0 Å². The first kappa shape index (κ1) is 18.1. The summed E-state index contributed by atoms with van der Waals surface area (Å²) in [6.07, 6.45) is 4.75. The Bertz CT molecular complexity index is 980. The van der Waals surface area contributed by atoms with Crippen LogP contribution < -0.4 is 10.3 Å². The van der Waals surface area contributed by atoms with Gasteiger partial charge in [0.2, 0.25) is 4.96 Å². The van der Waals surface area contributed by atoms with E-state index in [1.807, 2.05) is 19.1 Å². The molecule has 0 spiro atoms. The molecule has 1 atom stereocenters. The maximum atomic E-state index is 12.4. The van der Waals surface area contributed by atoms with Crippen LogP contribution in [0.25, 0.3) is 4.96 Å². The van der Waals surface area contributed by atoms with Crippen LogP contribution in [0.15, 0.2) is 35.1 Å². The normalized spacial score (nSPS) is 18.5. The zero-order valence-corrected chi connectivity index (χ0v) is 16.5. The van der Waals surface area contributed by atoms with Crippen molar-refractivity contribution < 1.29 is 4.74 Å². The molecule has 0 amide bonds. The van der Waals surface area contributed by atoms with Crippen molar-refractivity contribution >= 4 is 16.3 Å². The highest BCUT2D eigenvalue weighted by molar-refractivity contribution is 7.16. The lowest BCUT2D eigenvalue weighted by molar-refractivity contribution is 0.190. The molecule has 3 aromatic rings. The van der Waals surface area contributed by atoms with Gasteiger partial charge in [0.15, 0.2) is 0 Å². The van der Waals surface area contributed by atoms with Crippen LogP contribution in [-0.2, 0) is 6.54 Å². The third-order valence-corrected chi connectivity index (χ3v) is 5.95. The van der Waals surface area contributed by atoms with Crippen molar-refractivity contribution in [2.75, 3.05) is 13.7 Å². The molecule has 1 aliphatic heterocycles. The number of aromatic nitrogens is 3. The summed E-state index contributed by atoms with van der Waals surface area (Å²) < 4.78 is 6.69. The fourth-order valence-corrected chi connectivity index (χ4v) is 4.57. The third kappa shape index (κ3) is 3.89. The van der Waals surface area contributed by atoms with Gasteiger partial charge in [-0.3, -0.25) is 9.69 Å². The van der Waals surface area contributed by atoms with Gasteiger partial charge in [0.25, 0.3) is 5.56 Å². The van der Waals surface area contributed by atoms with Crippen molar-refractivity contribution in [2.24, 2.45) is 0 Å². The summed E-state index contributed by atoms with van der Waals surface area (Å²) in [6, 6.07) is 10.3. The number of likely N-dealkylation sites (tertiary alicyclic amines) is 1. The summed E-state index contributed by atoms with van der Waals surface area (Å²) in [6.45, 7) is 3.59. The van der Waals surface area contributed by atoms with Crippen LogP contribution in [0.3, 0.4) is 0 Å². The van der Waals surface area contributed by atoms with Crippen LogP contribution in [0.4, 0.5) is 0 Å².